The summed E-state index contributed by atoms with van der Waals surface area (Å²) in [6.45, 7) is 0. The number of halogens is 2. The number of thiazole rings is 1. The van der Waals surface area contributed by atoms with E-state index < -0.39 is 20.7 Å². The topological polar surface area (TPSA) is 71.1 Å². The Bertz CT molecular complexity index is 689. The molecule has 0 aliphatic heterocycles. The monoisotopic (exact) mass is 321 g/mol. The van der Waals surface area contributed by atoms with Gasteiger partial charge in [0.05, 0.1) is 10.7 Å². The van der Waals surface area contributed by atoms with Gasteiger partial charge in [-0.1, -0.05) is 11.6 Å². The van der Waals surface area contributed by atoms with Crippen LogP contribution in [0, 0.1) is 5.82 Å². The Labute approximate surface area is 118 Å². The van der Waals surface area contributed by atoms with Gasteiger partial charge in [0.2, 0.25) is 0 Å². The van der Waals surface area contributed by atoms with Crippen LogP contribution in [0.4, 0.5) is 15.2 Å². The van der Waals surface area contributed by atoms with Crippen molar-refractivity contribution in [2.75, 3.05) is 17.1 Å². The first-order valence-electron chi connectivity index (χ1n) is 5.03. The molecule has 1 aromatic heterocycles. The van der Waals surface area contributed by atoms with Crippen LogP contribution in [0.25, 0.3) is 0 Å². The molecule has 1 aromatic carbocycles. The minimum Gasteiger partial charge on any atom is -0.387 e. The predicted molar refractivity (Wildman–Crippen MR) is 73.9 cm³/mol. The molecule has 0 radical (unpaired) electrons. The summed E-state index contributed by atoms with van der Waals surface area (Å²) in [7, 11) is -2.49. The maximum Gasteiger partial charge on any atom is 0.266 e. The van der Waals surface area contributed by atoms with Gasteiger partial charge in [0, 0.05) is 18.6 Å². The van der Waals surface area contributed by atoms with Crippen LogP contribution in [0.15, 0.2) is 28.6 Å². The fourth-order valence-electron chi connectivity index (χ4n) is 1.37. The molecule has 0 spiro atoms. The lowest BCUT2D eigenvalue weighted by Crippen LogP contribution is -2.14. The second-order valence-corrected chi connectivity index (χ2v) is 6.41. The molecule has 0 saturated heterocycles. The summed E-state index contributed by atoms with van der Waals surface area (Å²) in [6.07, 6.45) is 1.44. The number of hydrogen-bond donors (Lipinski definition) is 2. The molecule has 19 heavy (non-hydrogen) atoms. The number of nitrogens with one attached hydrogen (secondary N) is 2. The summed E-state index contributed by atoms with van der Waals surface area (Å²) < 4.78 is 40.0. The van der Waals surface area contributed by atoms with Gasteiger partial charge < -0.3 is 5.32 Å². The zero-order valence-electron chi connectivity index (χ0n) is 9.65. The van der Waals surface area contributed by atoms with E-state index in [4.69, 9.17) is 11.6 Å². The summed E-state index contributed by atoms with van der Waals surface area (Å²) in [6, 6.07) is 2.08. The van der Waals surface area contributed by atoms with Crippen molar-refractivity contribution in [2.45, 2.75) is 4.90 Å². The van der Waals surface area contributed by atoms with E-state index in [1.54, 1.807) is 12.4 Å². The van der Waals surface area contributed by atoms with Crippen LogP contribution in [0.3, 0.4) is 0 Å². The maximum absolute atomic E-state index is 13.8. The van der Waals surface area contributed by atoms with Crippen LogP contribution >= 0.6 is 22.9 Å². The van der Waals surface area contributed by atoms with E-state index in [0.29, 0.717) is 5.69 Å². The highest BCUT2D eigenvalue weighted by Crippen LogP contribution is 2.29. The highest BCUT2D eigenvalue weighted by molar-refractivity contribution is 7.93. The Balaban J connectivity index is 2.43. The third-order valence-corrected chi connectivity index (χ3v) is 4.72. The van der Waals surface area contributed by atoms with Crippen LogP contribution in [0.5, 0.6) is 0 Å². The Morgan fingerprint density at radius 3 is 2.74 bits per heavy atom. The molecule has 0 aliphatic carbocycles. The predicted octanol–water partition coefficient (Wildman–Crippen LogP) is 2.78. The van der Waals surface area contributed by atoms with Gasteiger partial charge in [-0.05, 0) is 12.1 Å². The molecule has 0 amide bonds. The Hall–Kier alpha value is -1.38. The highest BCUT2D eigenvalue weighted by atomic mass is 35.5. The van der Waals surface area contributed by atoms with Crippen molar-refractivity contribution in [2.24, 2.45) is 0 Å². The number of sulfonamides is 1. The quantitative estimate of drug-likeness (QED) is 0.908. The number of anilines is 2. The van der Waals surface area contributed by atoms with Gasteiger partial charge in [-0.2, -0.15) is 0 Å². The second kappa shape index (κ2) is 5.32. The number of hydrogen-bond acceptors (Lipinski definition) is 5. The first-order chi connectivity index (χ1) is 8.94. The van der Waals surface area contributed by atoms with Crippen molar-refractivity contribution in [3.63, 3.8) is 0 Å². The third-order valence-electron chi connectivity index (χ3n) is 2.23. The molecule has 2 aromatic rings. The summed E-state index contributed by atoms with van der Waals surface area (Å²) in [5, 5.41) is 4.54. The number of rotatable bonds is 4. The molecule has 0 atom stereocenters. The van der Waals surface area contributed by atoms with Gasteiger partial charge in [0.1, 0.15) is 10.7 Å². The number of benzene rings is 1. The number of aromatic nitrogens is 1. The highest BCUT2D eigenvalue weighted by Gasteiger charge is 2.22. The Morgan fingerprint density at radius 1 is 1.42 bits per heavy atom. The van der Waals surface area contributed by atoms with Gasteiger partial charge in [-0.25, -0.2) is 17.8 Å². The lowest BCUT2D eigenvalue weighted by molar-refractivity contribution is 0.570. The smallest absolute Gasteiger partial charge is 0.266 e. The third kappa shape index (κ3) is 2.96. The summed E-state index contributed by atoms with van der Waals surface area (Å²) in [5.74, 6) is -0.891. The maximum atomic E-state index is 13.8. The van der Waals surface area contributed by atoms with E-state index in [0.717, 1.165) is 23.5 Å². The first kappa shape index (κ1) is 14.0. The van der Waals surface area contributed by atoms with Crippen molar-refractivity contribution < 1.29 is 12.8 Å². The van der Waals surface area contributed by atoms with Crippen LogP contribution in [0.2, 0.25) is 5.02 Å². The van der Waals surface area contributed by atoms with Gasteiger partial charge >= 0.3 is 0 Å². The van der Waals surface area contributed by atoms with Gasteiger partial charge in [0.25, 0.3) is 10.0 Å². The number of nitrogens with zero attached hydrogens (tertiary/aromatic N) is 1. The SMILES string of the molecule is CNc1cc(F)c(S(=O)(=O)Nc2nccs2)cc1Cl. The van der Waals surface area contributed by atoms with Crippen molar-refractivity contribution in [3.05, 3.63) is 34.5 Å². The molecule has 2 N–H and O–H groups in total. The van der Waals surface area contributed by atoms with Crippen LogP contribution in [0.1, 0.15) is 0 Å². The summed E-state index contributed by atoms with van der Waals surface area (Å²) in [4.78, 5) is 3.25. The van der Waals surface area contributed by atoms with E-state index >= 15 is 0 Å². The van der Waals surface area contributed by atoms with E-state index in [1.165, 1.54) is 6.20 Å². The van der Waals surface area contributed by atoms with E-state index in [2.05, 4.69) is 15.0 Å². The molecule has 0 aliphatic rings. The first-order valence-corrected chi connectivity index (χ1v) is 7.77. The van der Waals surface area contributed by atoms with Gasteiger partial charge in [-0.3, -0.25) is 4.72 Å². The molecular weight excluding hydrogens is 313 g/mol. The van der Waals surface area contributed by atoms with Crippen molar-refractivity contribution in [3.8, 4) is 0 Å². The van der Waals surface area contributed by atoms with Gasteiger partial charge in [-0.15, -0.1) is 11.3 Å². The van der Waals surface area contributed by atoms with Crippen LogP contribution < -0.4 is 10.0 Å². The molecule has 102 valence electrons. The molecule has 2 rings (SSSR count). The molecule has 0 unspecified atom stereocenters. The zero-order valence-corrected chi connectivity index (χ0v) is 12.0. The summed E-state index contributed by atoms with van der Waals surface area (Å²) in [5.41, 5.74) is 0.312. The zero-order chi connectivity index (χ0) is 14.0. The molecule has 9 heteroatoms. The molecular formula is C10H9ClFN3O2S2. The van der Waals surface area contributed by atoms with E-state index in [-0.39, 0.29) is 10.2 Å². The van der Waals surface area contributed by atoms with E-state index in [1.807, 2.05) is 0 Å². The average Bonchev–Trinajstić information content (AvgIpc) is 2.83. The fraction of sp³-hybridized carbons (Fsp3) is 0.100. The molecule has 0 saturated carbocycles. The lowest BCUT2D eigenvalue weighted by atomic mass is 10.3. The minimum atomic E-state index is -4.05. The van der Waals surface area contributed by atoms with Crippen LogP contribution in [-0.4, -0.2) is 20.4 Å². The van der Waals surface area contributed by atoms with E-state index in [9.17, 15) is 12.8 Å². The Kier molecular flexibility index (Phi) is 3.93. The molecule has 0 bridgehead atoms. The molecule has 1 heterocycles. The Morgan fingerprint density at radius 2 is 2.16 bits per heavy atom. The van der Waals surface area contributed by atoms with Crippen molar-refractivity contribution >= 4 is 43.8 Å². The molecule has 0 fully saturated rings. The average molecular weight is 322 g/mol. The van der Waals surface area contributed by atoms with Crippen molar-refractivity contribution in [1.82, 2.24) is 4.98 Å². The van der Waals surface area contributed by atoms with Gasteiger partial charge in [0.15, 0.2) is 5.13 Å². The standard InChI is InChI=1S/C10H9ClFN3O2S2/c1-13-8-5-7(12)9(4-6(8)11)19(16,17)15-10-14-2-3-18-10/h2-5,13H,1H3,(H,14,15). The fourth-order valence-corrected chi connectivity index (χ4v) is 3.57. The minimum absolute atomic E-state index is 0.114. The summed E-state index contributed by atoms with van der Waals surface area (Å²) >= 11 is 6.95. The van der Waals surface area contributed by atoms with Crippen molar-refractivity contribution in [1.29, 1.82) is 0 Å². The largest absolute Gasteiger partial charge is 0.387 e. The lowest BCUT2D eigenvalue weighted by Gasteiger charge is -2.09. The second-order valence-electron chi connectivity index (χ2n) is 3.46. The molecule has 5 nitrogen and oxygen atoms in total. The normalized spacial score (nSPS) is 11.3. The van der Waals surface area contributed by atoms with Crippen LogP contribution in [-0.2, 0) is 10.0 Å².